The van der Waals surface area contributed by atoms with E-state index >= 15 is 0 Å². The van der Waals surface area contributed by atoms with Crippen LogP contribution in [0.2, 0.25) is 0 Å². The van der Waals surface area contributed by atoms with E-state index in [0.717, 1.165) is 17.9 Å². The maximum absolute atomic E-state index is 4.25. The van der Waals surface area contributed by atoms with E-state index in [1.54, 1.807) is 0 Å². The van der Waals surface area contributed by atoms with E-state index in [9.17, 15) is 0 Å². The predicted molar refractivity (Wildman–Crippen MR) is 75.1 cm³/mol. The quantitative estimate of drug-likeness (QED) is 0.751. The number of nitrogens with zero attached hydrogens (tertiary/aromatic N) is 2. The van der Waals surface area contributed by atoms with Crippen LogP contribution in [0.4, 0.5) is 11.4 Å². The number of fused-ring (bicyclic) bond motifs is 1. The summed E-state index contributed by atoms with van der Waals surface area (Å²) < 4.78 is 1.91. The van der Waals surface area contributed by atoms with Crippen LogP contribution in [0.15, 0.2) is 54.9 Å². The summed E-state index contributed by atoms with van der Waals surface area (Å²) in [5, 5.41) is 10.1. The number of rotatable bonds is 3. The molecule has 0 amide bonds. The Kier molecular flexibility index (Phi) is 2.73. The van der Waals surface area contributed by atoms with E-state index in [0.29, 0.717) is 0 Å². The van der Waals surface area contributed by atoms with Crippen molar-refractivity contribution in [2.75, 3.05) is 5.32 Å². The molecule has 3 heteroatoms. The van der Waals surface area contributed by atoms with E-state index in [2.05, 4.69) is 59.8 Å². The van der Waals surface area contributed by atoms with E-state index in [4.69, 9.17) is 0 Å². The number of hydrogen-bond acceptors (Lipinski definition) is 2. The zero-order chi connectivity index (χ0) is 12.4. The minimum absolute atomic E-state index is 0.888. The molecule has 0 radical (unpaired) electrons. The monoisotopic (exact) mass is 237 g/mol. The summed E-state index contributed by atoms with van der Waals surface area (Å²) in [7, 11) is 0. The Balaban J connectivity index is 1.90. The molecule has 0 bridgehead atoms. The molecule has 0 aliphatic rings. The first-order valence-electron chi connectivity index (χ1n) is 6.13. The summed E-state index contributed by atoms with van der Waals surface area (Å²) in [6, 6.07) is 14.7. The van der Waals surface area contributed by atoms with Crippen molar-refractivity contribution in [2.24, 2.45) is 0 Å². The molecule has 0 saturated heterocycles. The SMILES string of the molecule is CCn1cc(Nc2ccc3ccccc3c2)cn1. The van der Waals surface area contributed by atoms with Crippen molar-refractivity contribution in [2.45, 2.75) is 13.5 Å². The normalized spacial score (nSPS) is 10.7. The van der Waals surface area contributed by atoms with Crippen molar-refractivity contribution >= 4 is 22.1 Å². The fourth-order valence-electron chi connectivity index (χ4n) is 2.03. The lowest BCUT2D eigenvalue weighted by molar-refractivity contribution is 0.660. The summed E-state index contributed by atoms with van der Waals surface area (Å²) in [6.07, 6.45) is 3.86. The maximum atomic E-state index is 4.25. The maximum Gasteiger partial charge on any atom is 0.0770 e. The second-order valence-corrected chi connectivity index (χ2v) is 4.27. The third-order valence-corrected chi connectivity index (χ3v) is 3.00. The molecule has 1 heterocycles. The van der Waals surface area contributed by atoms with Gasteiger partial charge in [-0.25, -0.2) is 0 Å². The van der Waals surface area contributed by atoms with E-state index in [1.165, 1.54) is 10.8 Å². The van der Waals surface area contributed by atoms with Crippen LogP contribution in [-0.4, -0.2) is 9.78 Å². The fraction of sp³-hybridized carbons (Fsp3) is 0.133. The zero-order valence-corrected chi connectivity index (χ0v) is 10.3. The number of benzene rings is 2. The first kappa shape index (κ1) is 10.8. The summed E-state index contributed by atoms with van der Waals surface area (Å²) in [5.41, 5.74) is 2.11. The number of anilines is 2. The van der Waals surface area contributed by atoms with Gasteiger partial charge in [0.05, 0.1) is 11.9 Å². The molecule has 1 aromatic heterocycles. The molecule has 0 fully saturated rings. The number of hydrogen-bond donors (Lipinski definition) is 1. The van der Waals surface area contributed by atoms with Gasteiger partial charge in [0.15, 0.2) is 0 Å². The molecule has 90 valence electrons. The third kappa shape index (κ3) is 2.07. The van der Waals surface area contributed by atoms with E-state index in [1.807, 2.05) is 17.1 Å². The fourth-order valence-corrected chi connectivity index (χ4v) is 2.03. The van der Waals surface area contributed by atoms with Gasteiger partial charge in [0.25, 0.3) is 0 Å². The minimum Gasteiger partial charge on any atom is -0.353 e. The molecule has 0 aliphatic heterocycles. The van der Waals surface area contributed by atoms with Gasteiger partial charge in [0.1, 0.15) is 0 Å². The van der Waals surface area contributed by atoms with Gasteiger partial charge in [-0.05, 0) is 29.8 Å². The highest BCUT2D eigenvalue weighted by atomic mass is 15.3. The highest BCUT2D eigenvalue weighted by Gasteiger charge is 1.99. The van der Waals surface area contributed by atoms with E-state index in [-0.39, 0.29) is 0 Å². The van der Waals surface area contributed by atoms with Gasteiger partial charge in [-0.1, -0.05) is 30.3 Å². The first-order valence-corrected chi connectivity index (χ1v) is 6.13. The Morgan fingerprint density at radius 1 is 1.06 bits per heavy atom. The second kappa shape index (κ2) is 4.53. The topological polar surface area (TPSA) is 29.9 Å². The van der Waals surface area contributed by atoms with Crippen LogP contribution in [-0.2, 0) is 6.54 Å². The predicted octanol–water partition coefficient (Wildman–Crippen LogP) is 3.80. The van der Waals surface area contributed by atoms with Crippen LogP contribution >= 0.6 is 0 Å². The zero-order valence-electron chi connectivity index (χ0n) is 10.3. The van der Waals surface area contributed by atoms with Crippen molar-refractivity contribution in [1.29, 1.82) is 0 Å². The van der Waals surface area contributed by atoms with E-state index < -0.39 is 0 Å². The highest BCUT2D eigenvalue weighted by molar-refractivity contribution is 5.86. The Hall–Kier alpha value is -2.29. The molecule has 0 saturated carbocycles. The van der Waals surface area contributed by atoms with Crippen LogP contribution in [0, 0.1) is 0 Å². The van der Waals surface area contributed by atoms with Crippen molar-refractivity contribution in [1.82, 2.24) is 9.78 Å². The molecular weight excluding hydrogens is 222 g/mol. The number of aryl methyl sites for hydroxylation is 1. The van der Waals surface area contributed by atoms with Gasteiger partial charge in [0, 0.05) is 18.4 Å². The third-order valence-electron chi connectivity index (χ3n) is 3.00. The number of aromatic nitrogens is 2. The average Bonchev–Trinajstić information content (AvgIpc) is 2.86. The standard InChI is InChI=1S/C15H15N3/c1-2-18-11-15(10-16-18)17-14-8-7-12-5-3-4-6-13(12)9-14/h3-11,17H,2H2,1H3. The second-order valence-electron chi connectivity index (χ2n) is 4.27. The molecule has 0 spiro atoms. The van der Waals surface area contributed by atoms with Crippen molar-refractivity contribution in [3.63, 3.8) is 0 Å². The largest absolute Gasteiger partial charge is 0.353 e. The lowest BCUT2D eigenvalue weighted by Gasteiger charge is -2.05. The van der Waals surface area contributed by atoms with Crippen molar-refractivity contribution in [3.05, 3.63) is 54.9 Å². The van der Waals surface area contributed by atoms with Gasteiger partial charge < -0.3 is 5.32 Å². The van der Waals surface area contributed by atoms with Crippen LogP contribution in [0.5, 0.6) is 0 Å². The van der Waals surface area contributed by atoms with Crippen molar-refractivity contribution < 1.29 is 0 Å². The molecular formula is C15H15N3. The van der Waals surface area contributed by atoms with Gasteiger partial charge in [0.2, 0.25) is 0 Å². The number of nitrogens with one attached hydrogen (secondary N) is 1. The molecule has 0 aliphatic carbocycles. The van der Waals surface area contributed by atoms with Crippen LogP contribution in [0.1, 0.15) is 6.92 Å². The summed E-state index contributed by atoms with van der Waals surface area (Å²) in [4.78, 5) is 0. The molecule has 2 aromatic carbocycles. The van der Waals surface area contributed by atoms with Gasteiger partial charge in [-0.3, -0.25) is 4.68 Å². The van der Waals surface area contributed by atoms with Crippen LogP contribution in [0.25, 0.3) is 10.8 Å². The molecule has 3 aromatic rings. The summed E-state index contributed by atoms with van der Waals surface area (Å²) in [5.74, 6) is 0. The summed E-state index contributed by atoms with van der Waals surface area (Å²) >= 11 is 0. The smallest absolute Gasteiger partial charge is 0.0770 e. The van der Waals surface area contributed by atoms with Gasteiger partial charge >= 0.3 is 0 Å². The highest BCUT2D eigenvalue weighted by Crippen LogP contribution is 2.21. The Bertz CT molecular complexity index is 670. The average molecular weight is 237 g/mol. The van der Waals surface area contributed by atoms with Crippen LogP contribution < -0.4 is 5.32 Å². The van der Waals surface area contributed by atoms with Gasteiger partial charge in [-0.15, -0.1) is 0 Å². The minimum atomic E-state index is 0.888. The Labute approximate surface area is 106 Å². The Morgan fingerprint density at radius 3 is 2.67 bits per heavy atom. The molecule has 0 unspecified atom stereocenters. The van der Waals surface area contributed by atoms with Crippen LogP contribution in [0.3, 0.4) is 0 Å². The Morgan fingerprint density at radius 2 is 1.89 bits per heavy atom. The van der Waals surface area contributed by atoms with Crippen molar-refractivity contribution in [3.8, 4) is 0 Å². The summed E-state index contributed by atoms with van der Waals surface area (Å²) in [6.45, 7) is 2.96. The molecule has 0 atom stereocenters. The van der Waals surface area contributed by atoms with Gasteiger partial charge in [-0.2, -0.15) is 5.10 Å². The molecule has 3 rings (SSSR count). The lowest BCUT2D eigenvalue weighted by Crippen LogP contribution is -1.92. The molecule has 1 N–H and O–H groups in total. The lowest BCUT2D eigenvalue weighted by atomic mass is 10.1. The molecule has 3 nitrogen and oxygen atoms in total. The molecule has 18 heavy (non-hydrogen) atoms. The first-order chi connectivity index (χ1) is 8.85.